The third kappa shape index (κ3) is 2.95. The topological polar surface area (TPSA) is 66.9 Å². The lowest BCUT2D eigenvalue weighted by molar-refractivity contribution is 0.0573. The van der Waals surface area contributed by atoms with Crippen LogP contribution in [0.25, 0.3) is 5.65 Å². The number of aromatic nitrogens is 3. The summed E-state index contributed by atoms with van der Waals surface area (Å²) < 4.78 is 7.20. The average molecular weight is 379 g/mol. The summed E-state index contributed by atoms with van der Waals surface area (Å²) in [6, 6.07) is 5.48. The molecule has 2 fully saturated rings. The maximum Gasteiger partial charge on any atom is 0.290 e. The quantitative estimate of drug-likeness (QED) is 0.696. The largest absolute Gasteiger partial charge is 0.459 e. The number of aryl methyl sites for hydroxylation is 1. The van der Waals surface area contributed by atoms with Gasteiger partial charge >= 0.3 is 0 Å². The minimum absolute atomic E-state index is 0.0383. The second-order valence-electron chi connectivity index (χ2n) is 7.80. The van der Waals surface area contributed by atoms with E-state index >= 15 is 0 Å². The number of carbonyl (C=O) groups excluding carboxylic acids is 1. The summed E-state index contributed by atoms with van der Waals surface area (Å²) in [5, 5.41) is 4.79. The Morgan fingerprint density at radius 1 is 1.18 bits per heavy atom. The van der Waals surface area contributed by atoms with Crippen LogP contribution in [0.5, 0.6) is 0 Å². The van der Waals surface area contributed by atoms with E-state index < -0.39 is 0 Å². The molecule has 0 saturated carbocycles. The average Bonchev–Trinajstić information content (AvgIpc) is 3.47. The molecule has 0 radical (unpaired) electrons. The van der Waals surface area contributed by atoms with Gasteiger partial charge in [0, 0.05) is 37.5 Å². The van der Waals surface area contributed by atoms with Crippen LogP contribution < -0.4 is 4.90 Å². The van der Waals surface area contributed by atoms with Gasteiger partial charge in [0.2, 0.25) is 0 Å². The number of hydrogen-bond acceptors (Lipinski definition) is 5. The molecule has 5 heterocycles. The molecule has 146 valence electrons. The monoisotopic (exact) mass is 379 g/mol. The third-order valence-corrected chi connectivity index (χ3v) is 5.87. The molecule has 0 spiro atoms. The molecule has 1 atom stereocenters. The number of carbonyl (C=O) groups is 1. The van der Waals surface area contributed by atoms with Crippen LogP contribution in [0.4, 0.5) is 5.82 Å². The highest BCUT2D eigenvalue weighted by molar-refractivity contribution is 5.91. The summed E-state index contributed by atoms with van der Waals surface area (Å²) in [5.74, 6) is 1.39. The predicted octanol–water partition coefficient (Wildman–Crippen LogP) is 3.60. The molecule has 1 amide bonds. The van der Waals surface area contributed by atoms with Gasteiger partial charge in [0.15, 0.2) is 11.4 Å². The molecule has 0 unspecified atom stereocenters. The number of furan rings is 1. The van der Waals surface area contributed by atoms with Crippen molar-refractivity contribution < 1.29 is 9.21 Å². The summed E-state index contributed by atoms with van der Waals surface area (Å²) in [6.45, 7) is 4.95. The van der Waals surface area contributed by atoms with Crippen molar-refractivity contribution in [2.24, 2.45) is 0 Å². The number of likely N-dealkylation sites (tertiary alicyclic amines) is 1. The van der Waals surface area contributed by atoms with Crippen LogP contribution in [0, 0.1) is 6.92 Å². The Kier molecular flexibility index (Phi) is 4.30. The minimum Gasteiger partial charge on any atom is -0.459 e. The van der Waals surface area contributed by atoms with Crippen molar-refractivity contribution in [2.45, 2.75) is 45.1 Å². The number of rotatable bonds is 3. The summed E-state index contributed by atoms with van der Waals surface area (Å²) in [7, 11) is 0. The summed E-state index contributed by atoms with van der Waals surface area (Å²) >= 11 is 0. The normalized spacial score (nSPS) is 20.2. The maximum atomic E-state index is 12.9. The van der Waals surface area contributed by atoms with Gasteiger partial charge in [0.25, 0.3) is 5.91 Å². The van der Waals surface area contributed by atoms with Crippen molar-refractivity contribution in [1.82, 2.24) is 19.5 Å². The van der Waals surface area contributed by atoms with E-state index in [0.29, 0.717) is 5.76 Å². The summed E-state index contributed by atoms with van der Waals surface area (Å²) in [5.41, 5.74) is 2.89. The van der Waals surface area contributed by atoms with Crippen LogP contribution in [-0.4, -0.2) is 45.0 Å². The number of hydrogen-bond donors (Lipinski definition) is 0. The van der Waals surface area contributed by atoms with Crippen molar-refractivity contribution in [3.63, 3.8) is 0 Å². The summed E-state index contributed by atoms with van der Waals surface area (Å²) in [4.78, 5) is 22.1. The van der Waals surface area contributed by atoms with Crippen molar-refractivity contribution in [3.8, 4) is 0 Å². The van der Waals surface area contributed by atoms with E-state index in [2.05, 4.69) is 18.0 Å². The van der Waals surface area contributed by atoms with Crippen LogP contribution in [0.1, 0.15) is 60.0 Å². The Morgan fingerprint density at radius 2 is 2.00 bits per heavy atom. The Balaban J connectivity index is 1.49. The Morgan fingerprint density at radius 3 is 2.79 bits per heavy atom. The van der Waals surface area contributed by atoms with Gasteiger partial charge in [-0.05, 0) is 51.2 Å². The third-order valence-electron chi connectivity index (χ3n) is 5.87. The maximum absolute atomic E-state index is 12.9. The van der Waals surface area contributed by atoms with Crippen molar-refractivity contribution in [1.29, 1.82) is 0 Å². The zero-order valence-corrected chi connectivity index (χ0v) is 16.2. The first-order valence-electron chi connectivity index (χ1n) is 10.2. The zero-order chi connectivity index (χ0) is 19.1. The number of amides is 1. The highest BCUT2D eigenvalue weighted by Gasteiger charge is 2.32. The molecule has 2 saturated heterocycles. The van der Waals surface area contributed by atoms with E-state index in [0.717, 1.165) is 61.6 Å². The Hall–Kier alpha value is -2.83. The van der Waals surface area contributed by atoms with Gasteiger partial charge in [-0.25, -0.2) is 9.50 Å². The Labute approximate surface area is 163 Å². The van der Waals surface area contributed by atoms with E-state index in [4.69, 9.17) is 14.5 Å². The molecule has 3 aromatic heterocycles. The molecule has 2 aliphatic heterocycles. The molecule has 2 aliphatic rings. The highest BCUT2D eigenvalue weighted by Crippen LogP contribution is 2.32. The van der Waals surface area contributed by atoms with Crippen LogP contribution in [-0.2, 0) is 0 Å². The Bertz CT molecular complexity index is 988. The lowest BCUT2D eigenvalue weighted by atomic mass is 9.99. The molecule has 0 aromatic carbocycles. The fraction of sp³-hybridized carbons (Fsp3) is 0.476. The van der Waals surface area contributed by atoms with E-state index in [1.165, 1.54) is 12.8 Å². The smallest absolute Gasteiger partial charge is 0.290 e. The van der Waals surface area contributed by atoms with E-state index in [-0.39, 0.29) is 11.9 Å². The first-order chi connectivity index (χ1) is 13.7. The second kappa shape index (κ2) is 6.96. The zero-order valence-electron chi connectivity index (χ0n) is 16.2. The van der Waals surface area contributed by atoms with E-state index in [9.17, 15) is 4.79 Å². The minimum atomic E-state index is -0.0614. The standard InChI is InChI=1S/C21H25N5O2/c1-15-14-26-19(22-20(15)24-9-4-5-10-24)13-16(23-26)17-7-2-3-11-25(17)21(27)18-8-6-12-28-18/h6,8,12-14,17H,2-5,7,9-11H2,1H3/t17-/m0/s1. The first kappa shape index (κ1) is 17.3. The number of nitrogens with zero attached hydrogens (tertiary/aromatic N) is 5. The van der Waals surface area contributed by atoms with Gasteiger partial charge in [-0.2, -0.15) is 5.10 Å². The molecule has 0 N–H and O–H groups in total. The number of piperidine rings is 1. The first-order valence-corrected chi connectivity index (χ1v) is 10.2. The van der Waals surface area contributed by atoms with E-state index in [1.807, 2.05) is 15.5 Å². The van der Waals surface area contributed by atoms with Crippen LogP contribution in [0.15, 0.2) is 35.1 Å². The van der Waals surface area contributed by atoms with Gasteiger partial charge in [0.05, 0.1) is 18.0 Å². The van der Waals surface area contributed by atoms with Gasteiger partial charge in [0.1, 0.15) is 5.82 Å². The van der Waals surface area contributed by atoms with Gasteiger partial charge in [-0.3, -0.25) is 4.79 Å². The molecule has 0 aliphatic carbocycles. The van der Waals surface area contributed by atoms with Crippen LogP contribution >= 0.6 is 0 Å². The highest BCUT2D eigenvalue weighted by atomic mass is 16.3. The molecule has 28 heavy (non-hydrogen) atoms. The van der Waals surface area contributed by atoms with Gasteiger partial charge < -0.3 is 14.2 Å². The van der Waals surface area contributed by atoms with Crippen molar-refractivity contribution in [2.75, 3.05) is 24.5 Å². The van der Waals surface area contributed by atoms with Crippen LogP contribution in [0.3, 0.4) is 0 Å². The predicted molar refractivity (Wildman–Crippen MR) is 106 cm³/mol. The fourth-order valence-electron chi connectivity index (χ4n) is 4.46. The molecular weight excluding hydrogens is 354 g/mol. The van der Waals surface area contributed by atoms with Crippen molar-refractivity contribution in [3.05, 3.63) is 47.7 Å². The molecule has 7 heteroatoms. The second-order valence-corrected chi connectivity index (χ2v) is 7.80. The molecule has 3 aromatic rings. The lowest BCUT2D eigenvalue weighted by Crippen LogP contribution is -2.38. The van der Waals surface area contributed by atoms with Crippen LogP contribution in [0.2, 0.25) is 0 Å². The van der Waals surface area contributed by atoms with Crippen molar-refractivity contribution >= 4 is 17.4 Å². The molecule has 0 bridgehead atoms. The fourth-order valence-corrected chi connectivity index (χ4v) is 4.46. The van der Waals surface area contributed by atoms with Gasteiger partial charge in [-0.15, -0.1) is 0 Å². The van der Waals surface area contributed by atoms with Gasteiger partial charge in [-0.1, -0.05) is 0 Å². The number of anilines is 1. The SMILES string of the molecule is Cc1cn2nc([C@@H]3CCCCN3C(=O)c3ccco3)cc2nc1N1CCCC1. The lowest BCUT2D eigenvalue weighted by Gasteiger charge is -2.34. The molecule has 7 nitrogen and oxygen atoms in total. The molecular formula is C21H25N5O2. The summed E-state index contributed by atoms with van der Waals surface area (Å²) in [6.07, 6.45) is 9.06. The van der Waals surface area contributed by atoms with E-state index in [1.54, 1.807) is 18.4 Å². The molecule has 5 rings (SSSR count). The number of fused-ring (bicyclic) bond motifs is 1.